The number of ether oxygens (including phenoxy) is 5. The van der Waals surface area contributed by atoms with Crippen LogP contribution in [0.1, 0.15) is 40.1 Å². The highest BCUT2D eigenvalue weighted by molar-refractivity contribution is 6.14. The van der Waals surface area contributed by atoms with Crippen LogP contribution >= 0.6 is 0 Å². The summed E-state index contributed by atoms with van der Waals surface area (Å²) in [4.78, 5) is 25.8. The molecule has 174 valence electrons. The van der Waals surface area contributed by atoms with Gasteiger partial charge in [0.05, 0.1) is 31.5 Å². The number of hydrogen-bond donors (Lipinski definition) is 0. The third-order valence-corrected chi connectivity index (χ3v) is 5.07. The SMILES string of the molecule is CCOc1ccc2c(c1)O/C(=C\c1cccc(OCC)c1OC(=O)c1ccc(OC)cc1)C2=O. The first-order valence-electron chi connectivity index (χ1n) is 10.9. The molecule has 7 heteroatoms. The summed E-state index contributed by atoms with van der Waals surface area (Å²) < 4.78 is 27.8. The Bertz CT molecular complexity index is 1240. The highest BCUT2D eigenvalue weighted by Gasteiger charge is 2.28. The van der Waals surface area contributed by atoms with Crippen LogP contribution in [0.2, 0.25) is 0 Å². The number of esters is 1. The number of methoxy groups -OCH3 is 1. The monoisotopic (exact) mass is 460 g/mol. The van der Waals surface area contributed by atoms with Gasteiger partial charge < -0.3 is 23.7 Å². The maximum absolute atomic E-state index is 12.9. The number of rotatable bonds is 8. The Balaban J connectivity index is 1.67. The molecule has 0 saturated heterocycles. The van der Waals surface area contributed by atoms with Crippen LogP contribution in [0.3, 0.4) is 0 Å². The smallest absolute Gasteiger partial charge is 0.343 e. The molecule has 1 aliphatic heterocycles. The van der Waals surface area contributed by atoms with Gasteiger partial charge in [-0.2, -0.15) is 0 Å². The fourth-order valence-corrected chi connectivity index (χ4v) is 3.47. The molecule has 0 aliphatic carbocycles. The number of carbonyl (C=O) groups excluding carboxylic acids is 2. The molecule has 0 unspecified atom stereocenters. The van der Waals surface area contributed by atoms with Gasteiger partial charge in [-0.3, -0.25) is 4.79 Å². The van der Waals surface area contributed by atoms with Crippen molar-refractivity contribution in [2.24, 2.45) is 0 Å². The second kappa shape index (κ2) is 10.1. The maximum Gasteiger partial charge on any atom is 0.343 e. The van der Waals surface area contributed by atoms with Crippen LogP contribution in [0.25, 0.3) is 6.08 Å². The molecule has 1 aliphatic rings. The third-order valence-electron chi connectivity index (χ3n) is 5.07. The summed E-state index contributed by atoms with van der Waals surface area (Å²) in [7, 11) is 1.55. The van der Waals surface area contributed by atoms with Crippen LogP contribution < -0.4 is 23.7 Å². The van der Waals surface area contributed by atoms with Crippen molar-refractivity contribution in [2.45, 2.75) is 13.8 Å². The van der Waals surface area contributed by atoms with Crippen LogP contribution in [0.5, 0.6) is 28.7 Å². The normalized spacial score (nSPS) is 13.3. The van der Waals surface area contributed by atoms with E-state index in [-0.39, 0.29) is 17.3 Å². The van der Waals surface area contributed by atoms with Crippen LogP contribution in [0.15, 0.2) is 66.4 Å². The van der Waals surface area contributed by atoms with Crippen LogP contribution in [0, 0.1) is 0 Å². The second-order valence-corrected chi connectivity index (χ2v) is 7.26. The minimum atomic E-state index is -0.572. The van der Waals surface area contributed by atoms with Gasteiger partial charge in [0.15, 0.2) is 17.3 Å². The summed E-state index contributed by atoms with van der Waals surface area (Å²) >= 11 is 0. The van der Waals surface area contributed by atoms with Crippen LogP contribution in [0.4, 0.5) is 0 Å². The summed E-state index contributed by atoms with van der Waals surface area (Å²) in [5, 5.41) is 0. The Morgan fingerprint density at radius 1 is 0.941 bits per heavy atom. The minimum absolute atomic E-state index is 0.110. The molecule has 0 saturated carbocycles. The summed E-state index contributed by atoms with van der Waals surface area (Å²) in [6.07, 6.45) is 1.54. The fraction of sp³-hybridized carbons (Fsp3) is 0.185. The van der Waals surface area contributed by atoms with E-state index in [2.05, 4.69) is 0 Å². The van der Waals surface area contributed by atoms with Gasteiger partial charge in [-0.1, -0.05) is 12.1 Å². The predicted molar refractivity (Wildman–Crippen MR) is 126 cm³/mol. The number of carbonyl (C=O) groups is 2. The van der Waals surface area contributed by atoms with E-state index in [1.807, 2.05) is 13.8 Å². The molecule has 7 nitrogen and oxygen atoms in total. The zero-order valence-corrected chi connectivity index (χ0v) is 19.1. The lowest BCUT2D eigenvalue weighted by Gasteiger charge is -2.13. The van der Waals surface area contributed by atoms with Gasteiger partial charge in [0.2, 0.25) is 5.78 Å². The molecule has 4 rings (SSSR count). The first kappa shape index (κ1) is 22.9. The molecule has 0 N–H and O–H groups in total. The van der Waals surface area contributed by atoms with E-state index in [4.69, 9.17) is 23.7 Å². The van der Waals surface area contributed by atoms with E-state index in [1.165, 1.54) is 0 Å². The average molecular weight is 460 g/mol. The van der Waals surface area contributed by atoms with Crippen molar-refractivity contribution in [3.63, 3.8) is 0 Å². The first-order chi connectivity index (χ1) is 16.5. The number of fused-ring (bicyclic) bond motifs is 1. The molecule has 0 atom stereocenters. The molecule has 3 aromatic carbocycles. The molecule has 0 amide bonds. The van der Waals surface area contributed by atoms with E-state index in [1.54, 1.807) is 73.8 Å². The van der Waals surface area contributed by atoms with E-state index in [9.17, 15) is 9.59 Å². The Morgan fingerprint density at radius 3 is 2.38 bits per heavy atom. The molecule has 0 spiro atoms. The Kier molecular flexibility index (Phi) is 6.82. The molecule has 0 bridgehead atoms. The molecule has 0 aromatic heterocycles. The molecule has 0 radical (unpaired) electrons. The van der Waals surface area contributed by atoms with Crippen molar-refractivity contribution in [1.82, 2.24) is 0 Å². The maximum atomic E-state index is 12.9. The standard InChI is InChI=1S/C27H24O7/c1-4-31-20-13-14-21-23(16-20)33-24(25(21)28)15-18-7-6-8-22(32-5-2)26(18)34-27(29)17-9-11-19(30-3)12-10-17/h6-16H,4-5H2,1-3H3/b24-15-. The largest absolute Gasteiger partial charge is 0.497 e. The number of ketones is 1. The van der Waals surface area contributed by atoms with Crippen molar-refractivity contribution in [2.75, 3.05) is 20.3 Å². The fourth-order valence-electron chi connectivity index (χ4n) is 3.47. The summed E-state index contributed by atoms with van der Waals surface area (Å²) in [6, 6.07) is 16.8. The Morgan fingerprint density at radius 2 is 1.68 bits per heavy atom. The van der Waals surface area contributed by atoms with Crippen molar-refractivity contribution in [3.8, 4) is 28.7 Å². The molecular formula is C27H24O7. The quantitative estimate of drug-likeness (QED) is 0.255. The summed E-state index contributed by atoms with van der Waals surface area (Å²) in [6.45, 7) is 4.58. The van der Waals surface area contributed by atoms with Gasteiger partial charge >= 0.3 is 5.97 Å². The van der Waals surface area contributed by atoms with Gasteiger partial charge in [0, 0.05) is 11.6 Å². The van der Waals surface area contributed by atoms with Crippen LogP contribution in [-0.2, 0) is 0 Å². The molecule has 3 aromatic rings. The lowest BCUT2D eigenvalue weighted by Crippen LogP contribution is -2.11. The number of benzene rings is 3. The lowest BCUT2D eigenvalue weighted by atomic mass is 10.1. The lowest BCUT2D eigenvalue weighted by molar-refractivity contribution is 0.0728. The van der Waals surface area contributed by atoms with Gasteiger partial charge in [0.1, 0.15) is 17.2 Å². The van der Waals surface area contributed by atoms with Gasteiger partial charge in [0.25, 0.3) is 0 Å². The zero-order chi connectivity index (χ0) is 24.1. The first-order valence-corrected chi connectivity index (χ1v) is 10.9. The predicted octanol–water partition coefficient (Wildman–Crippen LogP) is 5.33. The summed E-state index contributed by atoms with van der Waals surface area (Å²) in [5.74, 6) is 1.49. The topological polar surface area (TPSA) is 80.3 Å². The number of allylic oxidation sites excluding steroid dienone is 1. The number of para-hydroxylation sites is 1. The van der Waals surface area contributed by atoms with Crippen molar-refractivity contribution in [3.05, 3.63) is 83.1 Å². The molecule has 0 fully saturated rings. The van der Waals surface area contributed by atoms with Gasteiger partial charge in [-0.05, 0) is 62.4 Å². The van der Waals surface area contributed by atoms with E-state index < -0.39 is 5.97 Å². The van der Waals surface area contributed by atoms with Gasteiger partial charge in [-0.25, -0.2) is 4.79 Å². The molecular weight excluding hydrogens is 436 g/mol. The average Bonchev–Trinajstić information content (AvgIpc) is 3.15. The van der Waals surface area contributed by atoms with Crippen molar-refractivity contribution in [1.29, 1.82) is 0 Å². The van der Waals surface area contributed by atoms with E-state index in [0.717, 1.165) is 0 Å². The summed E-state index contributed by atoms with van der Waals surface area (Å²) in [5.41, 5.74) is 1.25. The van der Waals surface area contributed by atoms with Crippen molar-refractivity contribution < 1.29 is 33.3 Å². The van der Waals surface area contributed by atoms with Crippen LogP contribution in [-0.4, -0.2) is 32.1 Å². The van der Waals surface area contributed by atoms with E-state index in [0.29, 0.717) is 52.9 Å². The number of Topliss-reactive ketones (excluding diaryl/α,β-unsaturated/α-hetero) is 1. The zero-order valence-electron chi connectivity index (χ0n) is 19.1. The molecule has 1 heterocycles. The molecule has 34 heavy (non-hydrogen) atoms. The van der Waals surface area contributed by atoms with Crippen molar-refractivity contribution >= 4 is 17.8 Å². The Labute approximate surface area is 197 Å². The number of hydrogen-bond acceptors (Lipinski definition) is 7. The highest BCUT2D eigenvalue weighted by atomic mass is 16.6. The second-order valence-electron chi connectivity index (χ2n) is 7.26. The third kappa shape index (κ3) is 4.73. The minimum Gasteiger partial charge on any atom is -0.497 e. The van der Waals surface area contributed by atoms with Gasteiger partial charge in [-0.15, -0.1) is 0 Å². The Hall–Kier alpha value is -4.26. The van der Waals surface area contributed by atoms with E-state index >= 15 is 0 Å². The highest BCUT2D eigenvalue weighted by Crippen LogP contribution is 2.38.